The average Bonchev–Trinajstić information content (AvgIpc) is 2.83. The van der Waals surface area contributed by atoms with Crippen molar-refractivity contribution in [1.29, 1.82) is 0 Å². The summed E-state index contributed by atoms with van der Waals surface area (Å²) in [6, 6.07) is 0.191. The van der Waals surface area contributed by atoms with Crippen molar-refractivity contribution in [2.45, 2.75) is 25.3 Å². The number of amides is 1. The molecule has 1 amide bonds. The first-order chi connectivity index (χ1) is 8.70. The number of likely N-dealkylation sites (tertiary alicyclic amines) is 2. The Kier molecular flexibility index (Phi) is 4.97. The maximum Gasteiger partial charge on any atom is 0.225 e. The van der Waals surface area contributed by atoms with Gasteiger partial charge >= 0.3 is 0 Å². The summed E-state index contributed by atoms with van der Waals surface area (Å²) in [5.74, 6) is 0.545. The zero-order valence-corrected chi connectivity index (χ0v) is 11.3. The molecule has 2 aliphatic heterocycles. The van der Waals surface area contributed by atoms with Crippen LogP contribution in [0.3, 0.4) is 0 Å². The maximum atomic E-state index is 12.3. The number of carbonyl (C=O) groups excluding carboxylic acids is 1. The van der Waals surface area contributed by atoms with Gasteiger partial charge in [-0.15, -0.1) is 0 Å². The SMILES string of the molecule is COCCN1CCC(C(=O)N2CC[C@H](N)C2)CC1. The summed E-state index contributed by atoms with van der Waals surface area (Å²) in [6.45, 7) is 5.39. The molecule has 0 aromatic heterocycles. The molecule has 104 valence electrons. The molecule has 0 spiro atoms. The third kappa shape index (κ3) is 3.43. The molecule has 2 N–H and O–H groups in total. The van der Waals surface area contributed by atoms with E-state index in [1.807, 2.05) is 4.90 Å². The topological polar surface area (TPSA) is 58.8 Å². The van der Waals surface area contributed by atoms with Crippen molar-refractivity contribution in [3.8, 4) is 0 Å². The minimum Gasteiger partial charge on any atom is -0.383 e. The van der Waals surface area contributed by atoms with Gasteiger partial charge in [-0.1, -0.05) is 0 Å². The number of hydrogen-bond acceptors (Lipinski definition) is 4. The molecule has 0 saturated carbocycles. The number of hydrogen-bond donors (Lipinski definition) is 1. The van der Waals surface area contributed by atoms with Gasteiger partial charge in [-0.2, -0.15) is 0 Å². The van der Waals surface area contributed by atoms with E-state index < -0.39 is 0 Å². The van der Waals surface area contributed by atoms with Crippen LogP contribution in [-0.4, -0.2) is 68.2 Å². The second kappa shape index (κ2) is 6.50. The van der Waals surface area contributed by atoms with Crippen LogP contribution in [0.15, 0.2) is 0 Å². The molecule has 2 saturated heterocycles. The quantitative estimate of drug-likeness (QED) is 0.762. The number of nitrogens with zero attached hydrogens (tertiary/aromatic N) is 2. The predicted molar refractivity (Wildman–Crippen MR) is 70.2 cm³/mol. The van der Waals surface area contributed by atoms with Crippen LogP contribution >= 0.6 is 0 Å². The molecule has 0 aromatic carbocycles. The fraction of sp³-hybridized carbons (Fsp3) is 0.923. The zero-order chi connectivity index (χ0) is 13.0. The van der Waals surface area contributed by atoms with Crippen molar-refractivity contribution in [3.63, 3.8) is 0 Å². The van der Waals surface area contributed by atoms with Gasteiger partial charge < -0.3 is 20.3 Å². The van der Waals surface area contributed by atoms with E-state index in [-0.39, 0.29) is 12.0 Å². The number of piperidine rings is 1. The molecule has 5 heteroatoms. The Morgan fingerprint density at radius 3 is 2.56 bits per heavy atom. The molecular formula is C13H25N3O2. The first-order valence-corrected chi connectivity index (χ1v) is 6.96. The van der Waals surface area contributed by atoms with E-state index in [0.29, 0.717) is 5.91 Å². The minimum absolute atomic E-state index is 0.191. The van der Waals surface area contributed by atoms with Gasteiger partial charge in [0.25, 0.3) is 0 Å². The van der Waals surface area contributed by atoms with E-state index in [1.165, 1.54) is 0 Å². The molecule has 0 radical (unpaired) electrons. The van der Waals surface area contributed by atoms with Crippen LogP contribution in [0.4, 0.5) is 0 Å². The Hall–Kier alpha value is -0.650. The molecule has 1 atom stereocenters. The lowest BCUT2D eigenvalue weighted by Crippen LogP contribution is -2.43. The van der Waals surface area contributed by atoms with Crippen molar-refractivity contribution in [1.82, 2.24) is 9.80 Å². The van der Waals surface area contributed by atoms with Crippen LogP contribution in [0.5, 0.6) is 0 Å². The molecule has 2 fully saturated rings. The minimum atomic E-state index is 0.191. The Morgan fingerprint density at radius 1 is 1.28 bits per heavy atom. The molecule has 18 heavy (non-hydrogen) atoms. The van der Waals surface area contributed by atoms with E-state index in [2.05, 4.69) is 4.90 Å². The van der Waals surface area contributed by atoms with Crippen LogP contribution in [0.2, 0.25) is 0 Å². The zero-order valence-electron chi connectivity index (χ0n) is 11.3. The highest BCUT2D eigenvalue weighted by molar-refractivity contribution is 5.79. The van der Waals surface area contributed by atoms with E-state index in [1.54, 1.807) is 7.11 Å². The molecule has 2 rings (SSSR count). The number of ether oxygens (including phenoxy) is 1. The highest BCUT2D eigenvalue weighted by atomic mass is 16.5. The van der Waals surface area contributed by atoms with Gasteiger partial charge in [0.1, 0.15) is 0 Å². The van der Waals surface area contributed by atoms with Gasteiger partial charge in [-0.3, -0.25) is 4.79 Å². The molecule has 0 aromatic rings. The van der Waals surface area contributed by atoms with Crippen LogP contribution in [-0.2, 0) is 9.53 Å². The summed E-state index contributed by atoms with van der Waals surface area (Å²) < 4.78 is 5.08. The number of nitrogens with two attached hydrogens (primary N) is 1. The van der Waals surface area contributed by atoms with E-state index in [0.717, 1.165) is 58.6 Å². The molecule has 2 aliphatic rings. The fourth-order valence-corrected chi connectivity index (χ4v) is 2.87. The van der Waals surface area contributed by atoms with Crippen LogP contribution in [0, 0.1) is 5.92 Å². The largest absolute Gasteiger partial charge is 0.383 e. The van der Waals surface area contributed by atoms with Gasteiger partial charge in [0.05, 0.1) is 6.61 Å². The first kappa shape index (κ1) is 13.8. The van der Waals surface area contributed by atoms with E-state index >= 15 is 0 Å². The van der Waals surface area contributed by atoms with Crippen LogP contribution in [0.1, 0.15) is 19.3 Å². The average molecular weight is 255 g/mol. The fourth-order valence-electron chi connectivity index (χ4n) is 2.87. The van der Waals surface area contributed by atoms with Crippen molar-refractivity contribution in [3.05, 3.63) is 0 Å². The van der Waals surface area contributed by atoms with Gasteiger partial charge in [0.15, 0.2) is 0 Å². The molecule has 0 aliphatic carbocycles. The lowest BCUT2D eigenvalue weighted by Gasteiger charge is -2.32. The molecule has 0 unspecified atom stereocenters. The number of carbonyl (C=O) groups is 1. The number of rotatable bonds is 4. The second-order valence-electron chi connectivity index (χ2n) is 5.44. The van der Waals surface area contributed by atoms with Gasteiger partial charge in [-0.05, 0) is 32.4 Å². The predicted octanol–water partition coefficient (Wildman–Crippen LogP) is -0.0956. The Labute approximate surface area is 109 Å². The molecular weight excluding hydrogens is 230 g/mol. The lowest BCUT2D eigenvalue weighted by molar-refractivity contribution is -0.136. The summed E-state index contributed by atoms with van der Waals surface area (Å²) in [6.07, 6.45) is 2.92. The van der Waals surface area contributed by atoms with Gasteiger partial charge in [-0.25, -0.2) is 0 Å². The third-order valence-corrected chi connectivity index (χ3v) is 4.08. The Balaban J connectivity index is 1.73. The normalized spacial score (nSPS) is 26.8. The van der Waals surface area contributed by atoms with Crippen molar-refractivity contribution in [2.75, 3.05) is 46.4 Å². The maximum absolute atomic E-state index is 12.3. The highest BCUT2D eigenvalue weighted by Crippen LogP contribution is 2.21. The van der Waals surface area contributed by atoms with Crippen LogP contribution < -0.4 is 5.73 Å². The van der Waals surface area contributed by atoms with Crippen LogP contribution in [0.25, 0.3) is 0 Å². The second-order valence-corrected chi connectivity index (χ2v) is 5.44. The summed E-state index contributed by atoms with van der Waals surface area (Å²) in [4.78, 5) is 16.6. The first-order valence-electron chi connectivity index (χ1n) is 6.96. The smallest absolute Gasteiger partial charge is 0.225 e. The van der Waals surface area contributed by atoms with E-state index in [9.17, 15) is 4.79 Å². The Bertz CT molecular complexity index is 277. The lowest BCUT2D eigenvalue weighted by atomic mass is 9.95. The summed E-state index contributed by atoms with van der Waals surface area (Å²) in [5, 5.41) is 0. The summed E-state index contributed by atoms with van der Waals surface area (Å²) >= 11 is 0. The summed E-state index contributed by atoms with van der Waals surface area (Å²) in [7, 11) is 1.73. The number of methoxy groups -OCH3 is 1. The molecule has 2 heterocycles. The molecule has 0 bridgehead atoms. The standard InChI is InChI=1S/C13H25N3O2/c1-18-9-8-15-5-2-11(3-6-15)13(17)16-7-4-12(14)10-16/h11-12H,2-10,14H2,1H3/t12-/m0/s1. The van der Waals surface area contributed by atoms with Gasteiger partial charge in [0.2, 0.25) is 5.91 Å². The van der Waals surface area contributed by atoms with Gasteiger partial charge in [0, 0.05) is 38.7 Å². The molecule has 5 nitrogen and oxygen atoms in total. The third-order valence-electron chi connectivity index (χ3n) is 4.08. The summed E-state index contributed by atoms with van der Waals surface area (Å²) in [5.41, 5.74) is 5.85. The van der Waals surface area contributed by atoms with E-state index in [4.69, 9.17) is 10.5 Å². The van der Waals surface area contributed by atoms with Crippen molar-refractivity contribution in [2.24, 2.45) is 11.7 Å². The Morgan fingerprint density at radius 2 is 2.00 bits per heavy atom. The monoisotopic (exact) mass is 255 g/mol. The van der Waals surface area contributed by atoms with Crippen molar-refractivity contribution >= 4 is 5.91 Å². The van der Waals surface area contributed by atoms with Crippen molar-refractivity contribution < 1.29 is 9.53 Å². The highest BCUT2D eigenvalue weighted by Gasteiger charge is 2.31.